The average Bonchev–Trinajstić information content (AvgIpc) is 2.30. The normalized spacial score (nSPS) is 30.6. The summed E-state index contributed by atoms with van der Waals surface area (Å²) in [5.74, 6) is 2.05. The molecule has 0 radical (unpaired) electrons. The molecule has 1 aliphatic carbocycles. The van der Waals surface area contributed by atoms with Gasteiger partial charge in [0, 0.05) is 17.9 Å². The Bertz CT molecular complexity index is 177. The van der Waals surface area contributed by atoms with Crippen LogP contribution in [0.3, 0.4) is 0 Å². The molecule has 3 atom stereocenters. The third-order valence-electron chi connectivity index (χ3n) is 3.60. The van der Waals surface area contributed by atoms with Crippen molar-refractivity contribution in [3.8, 4) is 0 Å². The summed E-state index contributed by atoms with van der Waals surface area (Å²) in [7, 11) is 2.09. The number of rotatable bonds is 7. The van der Waals surface area contributed by atoms with Gasteiger partial charge in [-0.2, -0.15) is 11.8 Å². The van der Waals surface area contributed by atoms with Crippen molar-refractivity contribution in [1.82, 2.24) is 5.32 Å². The van der Waals surface area contributed by atoms with Crippen molar-refractivity contribution in [3.63, 3.8) is 0 Å². The third kappa shape index (κ3) is 4.64. The van der Waals surface area contributed by atoms with Crippen molar-refractivity contribution in [1.29, 1.82) is 0 Å². The van der Waals surface area contributed by atoms with Gasteiger partial charge in [0.25, 0.3) is 0 Å². The second kappa shape index (κ2) is 8.37. The fourth-order valence-electron chi connectivity index (χ4n) is 2.70. The van der Waals surface area contributed by atoms with Gasteiger partial charge in [-0.05, 0) is 44.4 Å². The summed E-state index contributed by atoms with van der Waals surface area (Å²) in [5.41, 5.74) is 0. The maximum absolute atomic E-state index is 8.83. The predicted octanol–water partition coefficient (Wildman–Crippen LogP) is 2.66. The highest BCUT2D eigenvalue weighted by atomic mass is 32.2. The second-order valence-corrected chi connectivity index (χ2v) is 6.20. The highest BCUT2D eigenvalue weighted by molar-refractivity contribution is 7.99. The van der Waals surface area contributed by atoms with E-state index in [1.807, 2.05) is 0 Å². The fourth-order valence-corrected chi connectivity index (χ4v) is 4.21. The first-order chi connectivity index (χ1) is 7.81. The van der Waals surface area contributed by atoms with Gasteiger partial charge in [0.1, 0.15) is 0 Å². The molecule has 16 heavy (non-hydrogen) atoms. The van der Waals surface area contributed by atoms with E-state index in [-0.39, 0.29) is 0 Å². The quantitative estimate of drug-likeness (QED) is 0.676. The lowest BCUT2D eigenvalue weighted by atomic mass is 9.83. The minimum Gasteiger partial charge on any atom is -0.396 e. The van der Waals surface area contributed by atoms with E-state index in [0.29, 0.717) is 12.6 Å². The van der Waals surface area contributed by atoms with Crippen LogP contribution in [0.2, 0.25) is 0 Å². The maximum atomic E-state index is 8.83. The molecular weight excluding hydrogens is 218 g/mol. The van der Waals surface area contributed by atoms with E-state index in [4.69, 9.17) is 5.11 Å². The molecule has 2 nitrogen and oxygen atoms in total. The number of hydrogen-bond donors (Lipinski definition) is 2. The summed E-state index contributed by atoms with van der Waals surface area (Å²) in [6.07, 6.45) is 7.76. The zero-order chi connectivity index (χ0) is 11.8. The molecule has 0 bridgehead atoms. The van der Waals surface area contributed by atoms with Gasteiger partial charge in [0.15, 0.2) is 0 Å². The van der Waals surface area contributed by atoms with Gasteiger partial charge in [0.05, 0.1) is 0 Å². The van der Waals surface area contributed by atoms with Gasteiger partial charge in [-0.3, -0.25) is 0 Å². The van der Waals surface area contributed by atoms with Crippen molar-refractivity contribution in [2.24, 2.45) is 5.92 Å². The van der Waals surface area contributed by atoms with E-state index < -0.39 is 0 Å². The molecule has 0 aromatic heterocycles. The Morgan fingerprint density at radius 1 is 1.38 bits per heavy atom. The molecule has 0 amide bonds. The predicted molar refractivity (Wildman–Crippen MR) is 73.0 cm³/mol. The van der Waals surface area contributed by atoms with Crippen LogP contribution in [-0.2, 0) is 0 Å². The van der Waals surface area contributed by atoms with Gasteiger partial charge in [-0.25, -0.2) is 0 Å². The summed E-state index contributed by atoms with van der Waals surface area (Å²) >= 11 is 2.06. The standard InChI is InChI=1S/C13H27NOS/c1-3-5-11-6-7-12(14-2)13(10-11)16-9-4-8-15/h11-15H,3-10H2,1-2H3. The molecule has 0 spiro atoms. The molecule has 96 valence electrons. The summed E-state index contributed by atoms with van der Waals surface area (Å²) in [5, 5.41) is 13.1. The van der Waals surface area contributed by atoms with E-state index >= 15 is 0 Å². The summed E-state index contributed by atoms with van der Waals surface area (Å²) in [6, 6.07) is 0.691. The molecule has 1 saturated carbocycles. The van der Waals surface area contributed by atoms with Crippen molar-refractivity contribution in [2.45, 2.75) is 56.7 Å². The number of thioether (sulfide) groups is 1. The zero-order valence-corrected chi connectivity index (χ0v) is 11.6. The van der Waals surface area contributed by atoms with Crippen LogP contribution in [0, 0.1) is 5.92 Å². The van der Waals surface area contributed by atoms with Gasteiger partial charge in [-0.15, -0.1) is 0 Å². The van der Waals surface area contributed by atoms with E-state index in [2.05, 4.69) is 31.1 Å². The molecule has 3 heteroatoms. The molecule has 0 aromatic rings. The first-order valence-electron chi connectivity index (χ1n) is 6.71. The summed E-state index contributed by atoms with van der Waals surface area (Å²) in [4.78, 5) is 0. The van der Waals surface area contributed by atoms with Crippen LogP contribution >= 0.6 is 11.8 Å². The lowest BCUT2D eigenvalue weighted by Crippen LogP contribution is -2.41. The molecule has 1 aliphatic rings. The Kier molecular flexibility index (Phi) is 7.50. The van der Waals surface area contributed by atoms with Gasteiger partial charge >= 0.3 is 0 Å². The lowest BCUT2D eigenvalue weighted by molar-refractivity contribution is 0.291. The van der Waals surface area contributed by atoms with Crippen LogP contribution in [-0.4, -0.2) is 35.8 Å². The zero-order valence-electron chi connectivity index (χ0n) is 10.7. The average molecular weight is 245 g/mol. The van der Waals surface area contributed by atoms with E-state index in [0.717, 1.165) is 23.3 Å². The maximum Gasteiger partial charge on any atom is 0.0438 e. The van der Waals surface area contributed by atoms with Crippen LogP contribution in [0.25, 0.3) is 0 Å². The molecule has 1 rings (SSSR count). The van der Waals surface area contributed by atoms with Crippen molar-refractivity contribution < 1.29 is 5.11 Å². The van der Waals surface area contributed by atoms with Crippen molar-refractivity contribution in [2.75, 3.05) is 19.4 Å². The number of nitrogens with one attached hydrogen (secondary N) is 1. The van der Waals surface area contributed by atoms with Crippen molar-refractivity contribution >= 4 is 11.8 Å². The van der Waals surface area contributed by atoms with E-state index in [9.17, 15) is 0 Å². The smallest absolute Gasteiger partial charge is 0.0438 e. The molecule has 0 aromatic carbocycles. The van der Waals surface area contributed by atoms with Crippen LogP contribution in [0.1, 0.15) is 45.4 Å². The molecule has 0 aliphatic heterocycles. The number of aliphatic hydroxyl groups excluding tert-OH is 1. The lowest BCUT2D eigenvalue weighted by Gasteiger charge is -2.35. The Morgan fingerprint density at radius 3 is 2.81 bits per heavy atom. The summed E-state index contributed by atoms with van der Waals surface area (Å²) in [6.45, 7) is 2.63. The molecule has 3 unspecified atom stereocenters. The topological polar surface area (TPSA) is 32.3 Å². The molecule has 1 fully saturated rings. The molecular formula is C13H27NOS. The minimum atomic E-state index is 0.336. The van der Waals surface area contributed by atoms with Crippen LogP contribution in [0.4, 0.5) is 0 Å². The Balaban J connectivity index is 2.34. The van der Waals surface area contributed by atoms with E-state index in [1.165, 1.54) is 32.1 Å². The number of hydrogen-bond acceptors (Lipinski definition) is 3. The Morgan fingerprint density at radius 2 is 2.19 bits per heavy atom. The van der Waals surface area contributed by atoms with Crippen molar-refractivity contribution in [3.05, 3.63) is 0 Å². The monoisotopic (exact) mass is 245 g/mol. The van der Waals surface area contributed by atoms with Crippen LogP contribution in [0.5, 0.6) is 0 Å². The Hall–Kier alpha value is 0.270. The van der Waals surface area contributed by atoms with E-state index in [1.54, 1.807) is 0 Å². The minimum absolute atomic E-state index is 0.336. The Labute approximate surface area is 105 Å². The highest BCUT2D eigenvalue weighted by Gasteiger charge is 2.28. The van der Waals surface area contributed by atoms with Crippen LogP contribution in [0.15, 0.2) is 0 Å². The molecule has 0 heterocycles. The SMILES string of the molecule is CCCC1CCC(NC)C(SCCCO)C1. The van der Waals surface area contributed by atoms with Crippen LogP contribution < -0.4 is 5.32 Å². The van der Waals surface area contributed by atoms with Gasteiger partial charge in [0.2, 0.25) is 0 Å². The first kappa shape index (κ1) is 14.3. The first-order valence-corrected chi connectivity index (χ1v) is 7.76. The highest BCUT2D eigenvalue weighted by Crippen LogP contribution is 2.34. The number of aliphatic hydroxyl groups is 1. The molecule has 2 N–H and O–H groups in total. The fraction of sp³-hybridized carbons (Fsp3) is 1.00. The van der Waals surface area contributed by atoms with Gasteiger partial charge in [-0.1, -0.05) is 19.8 Å². The third-order valence-corrected chi connectivity index (χ3v) is 5.08. The largest absolute Gasteiger partial charge is 0.396 e. The second-order valence-electron chi connectivity index (χ2n) is 4.85. The molecule has 0 saturated heterocycles. The summed E-state index contributed by atoms with van der Waals surface area (Å²) < 4.78 is 0. The van der Waals surface area contributed by atoms with Gasteiger partial charge < -0.3 is 10.4 Å².